The number of aromatic nitrogens is 1. The number of aromatic hydroxyl groups is 1. The molecule has 7 heteroatoms. The lowest BCUT2D eigenvalue weighted by molar-refractivity contribution is 0.0654. The van der Waals surface area contributed by atoms with Crippen LogP contribution < -0.4 is 5.43 Å². The first-order valence-corrected chi connectivity index (χ1v) is 11.0. The van der Waals surface area contributed by atoms with Crippen molar-refractivity contribution in [2.45, 2.75) is 25.8 Å². The molecule has 4 rings (SSSR count). The first-order chi connectivity index (χ1) is 16.3. The highest BCUT2D eigenvalue weighted by Gasteiger charge is 2.39. The Labute approximate surface area is 197 Å². The van der Waals surface area contributed by atoms with Gasteiger partial charge in [-0.05, 0) is 25.0 Å². The Morgan fingerprint density at radius 3 is 2.09 bits per heavy atom. The summed E-state index contributed by atoms with van der Waals surface area (Å²) in [5.74, 6) is -3.08. The van der Waals surface area contributed by atoms with E-state index in [2.05, 4.69) is 0 Å². The van der Waals surface area contributed by atoms with Gasteiger partial charge in [-0.3, -0.25) is 9.59 Å². The molecule has 2 aromatic carbocycles. The van der Waals surface area contributed by atoms with Gasteiger partial charge in [-0.1, -0.05) is 72.3 Å². The molecule has 1 unspecified atom stereocenters. The van der Waals surface area contributed by atoms with Crippen LogP contribution in [-0.2, 0) is 0 Å². The SMILES string of the molecule is CC(C)=CCN1CC(C(c2ccccc2)c2ccccc2)n2cc(C(=O)O)c(=O)c(O)c2C1=O. The van der Waals surface area contributed by atoms with Crippen molar-refractivity contribution in [1.29, 1.82) is 0 Å². The molecule has 1 aliphatic rings. The largest absolute Gasteiger partial charge is 0.503 e. The van der Waals surface area contributed by atoms with Gasteiger partial charge in [-0.25, -0.2) is 4.79 Å². The van der Waals surface area contributed by atoms with Gasteiger partial charge < -0.3 is 19.7 Å². The summed E-state index contributed by atoms with van der Waals surface area (Å²) >= 11 is 0. The Morgan fingerprint density at radius 1 is 1.03 bits per heavy atom. The van der Waals surface area contributed by atoms with Crippen LogP contribution in [0.3, 0.4) is 0 Å². The number of hydrogen-bond acceptors (Lipinski definition) is 4. The first-order valence-electron chi connectivity index (χ1n) is 11.0. The number of benzene rings is 2. The van der Waals surface area contributed by atoms with Gasteiger partial charge in [0.1, 0.15) is 5.56 Å². The molecule has 7 nitrogen and oxygen atoms in total. The molecule has 1 aliphatic heterocycles. The first kappa shape index (κ1) is 23.0. The maximum Gasteiger partial charge on any atom is 0.341 e. The Balaban J connectivity index is 1.99. The Morgan fingerprint density at radius 2 is 1.59 bits per heavy atom. The van der Waals surface area contributed by atoms with E-state index in [1.807, 2.05) is 80.6 Å². The Bertz CT molecular complexity index is 1270. The third kappa shape index (κ3) is 4.24. The number of allylic oxidation sites excluding steroid dienone is 1. The van der Waals surface area contributed by atoms with Crippen LogP contribution in [-0.4, -0.2) is 44.6 Å². The van der Waals surface area contributed by atoms with Crippen molar-refractivity contribution in [2.75, 3.05) is 13.1 Å². The third-order valence-electron chi connectivity index (χ3n) is 6.12. The van der Waals surface area contributed by atoms with Gasteiger partial charge in [0, 0.05) is 25.2 Å². The zero-order valence-electron chi connectivity index (χ0n) is 19.0. The number of carboxylic acid groups (broad SMARTS) is 1. The molecule has 0 bridgehead atoms. The van der Waals surface area contributed by atoms with Crippen molar-refractivity contribution >= 4 is 11.9 Å². The van der Waals surface area contributed by atoms with E-state index in [1.54, 1.807) is 4.90 Å². The highest BCUT2D eigenvalue weighted by Crippen LogP contribution is 2.40. The molecule has 0 saturated carbocycles. The molecule has 34 heavy (non-hydrogen) atoms. The number of aromatic carboxylic acids is 1. The lowest BCUT2D eigenvalue weighted by atomic mass is 9.83. The highest BCUT2D eigenvalue weighted by atomic mass is 16.4. The van der Waals surface area contributed by atoms with E-state index in [0.29, 0.717) is 6.54 Å². The molecule has 0 spiro atoms. The Kier molecular flexibility index (Phi) is 6.36. The fourth-order valence-electron chi connectivity index (χ4n) is 4.47. The van der Waals surface area contributed by atoms with Gasteiger partial charge in [0.2, 0.25) is 5.43 Å². The number of carbonyl (C=O) groups excluding carboxylic acids is 1. The maximum absolute atomic E-state index is 13.4. The van der Waals surface area contributed by atoms with E-state index >= 15 is 0 Å². The molecule has 0 aliphatic carbocycles. The van der Waals surface area contributed by atoms with Gasteiger partial charge in [-0.15, -0.1) is 0 Å². The van der Waals surface area contributed by atoms with E-state index in [1.165, 1.54) is 10.8 Å². The van der Waals surface area contributed by atoms with Gasteiger partial charge in [0.15, 0.2) is 11.4 Å². The number of hydrogen-bond donors (Lipinski definition) is 2. The molecule has 174 valence electrons. The molecule has 0 radical (unpaired) electrons. The van der Waals surface area contributed by atoms with Crippen LogP contribution in [0, 0.1) is 0 Å². The van der Waals surface area contributed by atoms with Crippen molar-refractivity contribution < 1.29 is 19.8 Å². The zero-order chi connectivity index (χ0) is 24.4. The van der Waals surface area contributed by atoms with Crippen LogP contribution in [0.5, 0.6) is 5.75 Å². The number of carboxylic acids is 1. The van der Waals surface area contributed by atoms with E-state index in [0.717, 1.165) is 16.7 Å². The lowest BCUT2D eigenvalue weighted by Gasteiger charge is -2.40. The normalized spacial score (nSPS) is 15.2. The quantitative estimate of drug-likeness (QED) is 0.543. The average Bonchev–Trinajstić information content (AvgIpc) is 2.82. The number of fused-ring (bicyclic) bond motifs is 1. The standard InChI is InChI=1S/C27H26N2O5/c1-17(2)13-14-28-16-21(22(18-9-5-3-6-10-18)19-11-7-4-8-12-19)29-15-20(27(33)34)24(30)25(31)23(29)26(28)32/h3-13,15,21-22,31H,14,16H2,1-2H3,(H,33,34). The molecule has 3 aromatic rings. The summed E-state index contributed by atoms with van der Waals surface area (Å²) in [5, 5.41) is 20.3. The molecule has 0 fully saturated rings. The van der Waals surface area contributed by atoms with Crippen LogP contribution in [0.2, 0.25) is 0 Å². The number of pyridine rings is 1. The fourth-order valence-corrected chi connectivity index (χ4v) is 4.47. The topological polar surface area (TPSA) is 99.8 Å². The zero-order valence-corrected chi connectivity index (χ0v) is 19.0. The third-order valence-corrected chi connectivity index (χ3v) is 6.12. The number of amides is 1. The Hall–Kier alpha value is -4.13. The predicted octanol–water partition coefficient (Wildman–Crippen LogP) is 4.05. The second-order valence-electron chi connectivity index (χ2n) is 8.64. The van der Waals surface area contributed by atoms with Crippen molar-refractivity contribution in [3.05, 3.63) is 111 Å². The monoisotopic (exact) mass is 458 g/mol. The second-order valence-corrected chi connectivity index (χ2v) is 8.64. The molecule has 1 aromatic heterocycles. The second kappa shape index (κ2) is 9.39. The molecule has 1 atom stereocenters. The van der Waals surface area contributed by atoms with Gasteiger partial charge in [-0.2, -0.15) is 0 Å². The minimum absolute atomic E-state index is 0.190. The van der Waals surface area contributed by atoms with Crippen molar-refractivity contribution in [3.63, 3.8) is 0 Å². The smallest absolute Gasteiger partial charge is 0.341 e. The number of carbonyl (C=O) groups is 2. The summed E-state index contributed by atoms with van der Waals surface area (Å²) in [6.45, 7) is 4.43. The van der Waals surface area contributed by atoms with Crippen LogP contribution >= 0.6 is 0 Å². The van der Waals surface area contributed by atoms with Gasteiger partial charge >= 0.3 is 5.97 Å². The van der Waals surface area contributed by atoms with Crippen LogP contribution in [0.1, 0.15) is 57.8 Å². The van der Waals surface area contributed by atoms with Crippen LogP contribution in [0.25, 0.3) is 0 Å². The summed E-state index contributed by atoms with van der Waals surface area (Å²) in [6.07, 6.45) is 3.10. The molecule has 1 amide bonds. The molecular weight excluding hydrogens is 432 g/mol. The molecule has 0 saturated heterocycles. The summed E-state index contributed by atoms with van der Waals surface area (Å²) in [5.41, 5.74) is 1.14. The summed E-state index contributed by atoms with van der Waals surface area (Å²) in [6, 6.07) is 19.0. The summed E-state index contributed by atoms with van der Waals surface area (Å²) < 4.78 is 1.48. The van der Waals surface area contributed by atoms with Crippen molar-refractivity contribution in [3.8, 4) is 5.75 Å². The minimum Gasteiger partial charge on any atom is -0.503 e. The number of rotatable bonds is 6. The average molecular weight is 459 g/mol. The lowest BCUT2D eigenvalue weighted by Crippen LogP contribution is -2.46. The van der Waals surface area contributed by atoms with Gasteiger partial charge in [0.05, 0.1) is 6.04 Å². The van der Waals surface area contributed by atoms with E-state index in [4.69, 9.17) is 0 Å². The van der Waals surface area contributed by atoms with E-state index in [9.17, 15) is 24.6 Å². The number of nitrogens with zero attached hydrogens (tertiary/aromatic N) is 2. The fraction of sp³-hybridized carbons (Fsp3) is 0.222. The summed E-state index contributed by atoms with van der Waals surface area (Å²) in [7, 11) is 0. The molecular formula is C27H26N2O5. The van der Waals surface area contributed by atoms with E-state index in [-0.39, 0.29) is 18.2 Å². The van der Waals surface area contributed by atoms with Crippen LogP contribution in [0.4, 0.5) is 0 Å². The minimum atomic E-state index is -1.45. The molecule has 2 heterocycles. The molecule has 2 N–H and O–H groups in total. The van der Waals surface area contributed by atoms with E-state index < -0.39 is 34.7 Å². The maximum atomic E-state index is 13.4. The van der Waals surface area contributed by atoms with Crippen molar-refractivity contribution in [1.82, 2.24) is 9.47 Å². The van der Waals surface area contributed by atoms with Crippen molar-refractivity contribution in [2.24, 2.45) is 0 Å². The van der Waals surface area contributed by atoms with Gasteiger partial charge in [0.25, 0.3) is 5.91 Å². The predicted molar refractivity (Wildman–Crippen MR) is 128 cm³/mol. The highest BCUT2D eigenvalue weighted by molar-refractivity contribution is 5.97. The summed E-state index contributed by atoms with van der Waals surface area (Å²) in [4.78, 5) is 39.3. The van der Waals surface area contributed by atoms with Crippen LogP contribution in [0.15, 0.2) is 83.3 Å².